The van der Waals surface area contributed by atoms with Gasteiger partial charge in [-0.15, -0.1) is 11.6 Å². The van der Waals surface area contributed by atoms with Crippen molar-refractivity contribution in [2.24, 2.45) is 5.92 Å². The minimum absolute atomic E-state index is 0.408. The van der Waals surface area contributed by atoms with Gasteiger partial charge in [-0.1, -0.05) is 33.8 Å². The summed E-state index contributed by atoms with van der Waals surface area (Å²) in [6.07, 6.45) is 2.05. The van der Waals surface area contributed by atoms with Crippen molar-refractivity contribution < 1.29 is 4.74 Å². The van der Waals surface area contributed by atoms with Crippen molar-refractivity contribution in [3.05, 3.63) is 24.0 Å². The van der Waals surface area contributed by atoms with E-state index in [1.165, 1.54) is 0 Å². The van der Waals surface area contributed by atoms with Crippen LogP contribution in [0.5, 0.6) is 5.75 Å². The van der Waals surface area contributed by atoms with Gasteiger partial charge in [-0.25, -0.2) is 4.98 Å². The monoisotopic (exact) mass is 308 g/mol. The summed E-state index contributed by atoms with van der Waals surface area (Å²) in [5, 5.41) is 0. The molecule has 0 saturated carbocycles. The lowest BCUT2D eigenvalue weighted by molar-refractivity contribution is 0.320. The zero-order chi connectivity index (χ0) is 15.4. The van der Waals surface area contributed by atoms with Crippen LogP contribution < -0.4 is 4.74 Å². The first-order valence-corrected chi connectivity index (χ1v) is 8.36. The molecular formula is C17H25ClN2O. The van der Waals surface area contributed by atoms with Crippen LogP contribution in [0, 0.1) is 5.92 Å². The molecule has 0 aliphatic heterocycles. The van der Waals surface area contributed by atoms with Gasteiger partial charge < -0.3 is 9.30 Å². The van der Waals surface area contributed by atoms with Crippen LogP contribution in [0.3, 0.4) is 0 Å². The Kier molecular flexibility index (Phi) is 5.51. The van der Waals surface area contributed by atoms with Crippen LogP contribution >= 0.6 is 11.6 Å². The van der Waals surface area contributed by atoms with Crippen molar-refractivity contribution in [3.8, 4) is 5.75 Å². The molecule has 0 saturated heterocycles. The standard InChI is InChI=1S/C17H25ClN2O/c1-5-10-21-15-9-7-8-14-17(15)19-16(11-18)20(14)13(6-2)12(3)4/h7-9,12-13H,5-6,10-11H2,1-4H3. The van der Waals surface area contributed by atoms with Crippen molar-refractivity contribution in [2.45, 2.75) is 52.5 Å². The van der Waals surface area contributed by atoms with Gasteiger partial charge in [-0.05, 0) is 30.9 Å². The van der Waals surface area contributed by atoms with E-state index in [0.717, 1.165) is 35.4 Å². The fourth-order valence-corrected chi connectivity index (χ4v) is 3.07. The lowest BCUT2D eigenvalue weighted by Gasteiger charge is -2.23. The normalized spacial score (nSPS) is 13.0. The maximum absolute atomic E-state index is 6.14. The Morgan fingerprint density at radius 3 is 2.62 bits per heavy atom. The number of nitrogens with zero attached hydrogens (tertiary/aromatic N) is 2. The van der Waals surface area contributed by atoms with Crippen molar-refractivity contribution in [1.29, 1.82) is 0 Å². The number of halogens is 1. The molecule has 116 valence electrons. The van der Waals surface area contributed by atoms with Gasteiger partial charge in [0.15, 0.2) is 0 Å². The molecule has 0 spiro atoms. The number of rotatable bonds is 7. The van der Waals surface area contributed by atoms with E-state index in [-0.39, 0.29) is 0 Å². The van der Waals surface area contributed by atoms with Gasteiger partial charge in [0.05, 0.1) is 18.0 Å². The predicted octanol–water partition coefficient (Wildman–Crippen LogP) is 5.17. The molecule has 21 heavy (non-hydrogen) atoms. The summed E-state index contributed by atoms with van der Waals surface area (Å²) in [6.45, 7) is 9.52. The fourth-order valence-electron chi connectivity index (χ4n) is 2.88. The molecule has 1 aromatic carbocycles. The summed E-state index contributed by atoms with van der Waals surface area (Å²) < 4.78 is 8.13. The fraction of sp³-hybridized carbons (Fsp3) is 0.588. The van der Waals surface area contributed by atoms with Gasteiger partial charge in [-0.3, -0.25) is 0 Å². The van der Waals surface area contributed by atoms with E-state index in [1.54, 1.807) is 0 Å². The van der Waals surface area contributed by atoms with Gasteiger partial charge in [0, 0.05) is 6.04 Å². The second-order valence-corrected chi connectivity index (χ2v) is 5.99. The third-order valence-corrected chi connectivity index (χ3v) is 4.10. The molecule has 0 fully saturated rings. The molecule has 2 rings (SSSR count). The number of aromatic nitrogens is 2. The molecule has 4 heteroatoms. The van der Waals surface area contributed by atoms with E-state index in [4.69, 9.17) is 21.3 Å². The van der Waals surface area contributed by atoms with E-state index < -0.39 is 0 Å². The van der Waals surface area contributed by atoms with Crippen molar-refractivity contribution >= 4 is 22.6 Å². The van der Waals surface area contributed by atoms with Crippen LogP contribution in [0.2, 0.25) is 0 Å². The summed E-state index contributed by atoms with van der Waals surface area (Å²) in [6, 6.07) is 6.55. The highest BCUT2D eigenvalue weighted by atomic mass is 35.5. The number of imidazole rings is 1. The third kappa shape index (κ3) is 3.18. The second-order valence-electron chi connectivity index (χ2n) is 5.72. The average Bonchev–Trinajstić information content (AvgIpc) is 2.85. The number of benzene rings is 1. The zero-order valence-electron chi connectivity index (χ0n) is 13.4. The maximum atomic E-state index is 6.14. The molecule has 1 unspecified atom stereocenters. The first-order valence-electron chi connectivity index (χ1n) is 7.82. The molecular weight excluding hydrogens is 284 g/mol. The van der Waals surface area contributed by atoms with E-state index in [0.29, 0.717) is 24.4 Å². The smallest absolute Gasteiger partial charge is 0.147 e. The van der Waals surface area contributed by atoms with Crippen LogP contribution in [0.15, 0.2) is 18.2 Å². The molecule has 0 amide bonds. The number of para-hydroxylation sites is 1. The molecule has 1 atom stereocenters. The van der Waals surface area contributed by atoms with Crippen molar-refractivity contribution in [3.63, 3.8) is 0 Å². The summed E-state index contributed by atoms with van der Waals surface area (Å²) in [7, 11) is 0. The summed E-state index contributed by atoms with van der Waals surface area (Å²) in [5.41, 5.74) is 2.06. The number of hydrogen-bond acceptors (Lipinski definition) is 2. The Balaban J connectivity index is 2.59. The van der Waals surface area contributed by atoms with E-state index in [2.05, 4.69) is 38.3 Å². The highest BCUT2D eigenvalue weighted by Gasteiger charge is 2.21. The Hall–Kier alpha value is -1.22. The topological polar surface area (TPSA) is 27.1 Å². The Bertz CT molecular complexity index is 592. The summed E-state index contributed by atoms with van der Waals surface area (Å²) in [5.74, 6) is 2.75. The maximum Gasteiger partial charge on any atom is 0.147 e. The van der Waals surface area contributed by atoms with E-state index >= 15 is 0 Å². The highest BCUT2D eigenvalue weighted by molar-refractivity contribution is 6.16. The van der Waals surface area contributed by atoms with Crippen LogP contribution in [-0.2, 0) is 5.88 Å². The number of fused-ring (bicyclic) bond motifs is 1. The summed E-state index contributed by atoms with van der Waals surface area (Å²) in [4.78, 5) is 4.74. The Morgan fingerprint density at radius 1 is 1.29 bits per heavy atom. The molecule has 0 aliphatic rings. The van der Waals surface area contributed by atoms with Gasteiger partial charge in [0.2, 0.25) is 0 Å². The van der Waals surface area contributed by atoms with E-state index in [9.17, 15) is 0 Å². The highest BCUT2D eigenvalue weighted by Crippen LogP contribution is 2.33. The molecule has 0 N–H and O–H groups in total. The molecule has 1 aromatic heterocycles. The average molecular weight is 309 g/mol. The summed E-state index contributed by atoms with van der Waals surface area (Å²) >= 11 is 6.14. The van der Waals surface area contributed by atoms with Crippen LogP contribution in [0.4, 0.5) is 0 Å². The van der Waals surface area contributed by atoms with Crippen LogP contribution in [0.25, 0.3) is 11.0 Å². The van der Waals surface area contributed by atoms with Gasteiger partial charge >= 0.3 is 0 Å². The molecule has 3 nitrogen and oxygen atoms in total. The minimum atomic E-state index is 0.408. The van der Waals surface area contributed by atoms with Gasteiger partial charge in [-0.2, -0.15) is 0 Å². The molecule has 0 bridgehead atoms. The second kappa shape index (κ2) is 7.17. The number of alkyl halides is 1. The molecule has 0 aliphatic carbocycles. The first kappa shape index (κ1) is 16.2. The van der Waals surface area contributed by atoms with Gasteiger partial charge in [0.1, 0.15) is 17.1 Å². The number of hydrogen-bond donors (Lipinski definition) is 0. The third-order valence-electron chi connectivity index (χ3n) is 3.86. The predicted molar refractivity (Wildman–Crippen MR) is 89.2 cm³/mol. The zero-order valence-corrected chi connectivity index (χ0v) is 14.2. The van der Waals surface area contributed by atoms with Crippen LogP contribution in [0.1, 0.15) is 52.4 Å². The molecule has 0 radical (unpaired) electrons. The minimum Gasteiger partial charge on any atom is -0.491 e. The van der Waals surface area contributed by atoms with Crippen molar-refractivity contribution in [1.82, 2.24) is 9.55 Å². The van der Waals surface area contributed by atoms with Crippen molar-refractivity contribution in [2.75, 3.05) is 6.61 Å². The SMILES string of the molecule is CCCOc1cccc2c1nc(CCl)n2C(CC)C(C)C. The Labute approximate surface area is 132 Å². The number of ether oxygens (including phenoxy) is 1. The van der Waals surface area contributed by atoms with E-state index in [1.807, 2.05) is 12.1 Å². The Morgan fingerprint density at radius 2 is 2.05 bits per heavy atom. The quantitative estimate of drug-likeness (QED) is 0.660. The first-order chi connectivity index (χ1) is 10.1. The largest absolute Gasteiger partial charge is 0.491 e. The van der Waals surface area contributed by atoms with Gasteiger partial charge in [0.25, 0.3) is 0 Å². The lowest BCUT2D eigenvalue weighted by atomic mass is 10.0. The van der Waals surface area contributed by atoms with Crippen LogP contribution in [-0.4, -0.2) is 16.2 Å². The molecule has 1 heterocycles. The molecule has 2 aromatic rings. The lowest BCUT2D eigenvalue weighted by Crippen LogP contribution is -2.16.